The molecule has 1 aliphatic heterocycles. The average molecular weight is 541 g/mol. The van der Waals surface area contributed by atoms with Gasteiger partial charge in [-0.1, -0.05) is 43.7 Å². The van der Waals surface area contributed by atoms with E-state index in [1.54, 1.807) is 13.0 Å². The van der Waals surface area contributed by atoms with Crippen molar-refractivity contribution in [1.82, 2.24) is 20.3 Å². The zero-order valence-electron chi connectivity index (χ0n) is 22.4. The van der Waals surface area contributed by atoms with Gasteiger partial charge in [0.25, 0.3) is 5.91 Å². The molecule has 0 spiro atoms. The van der Waals surface area contributed by atoms with Crippen LogP contribution in [0, 0.1) is 0 Å². The van der Waals surface area contributed by atoms with Gasteiger partial charge in [0.05, 0.1) is 25.4 Å². The maximum Gasteiger partial charge on any atom is 0.527 e. The van der Waals surface area contributed by atoms with Gasteiger partial charge in [0.15, 0.2) is 0 Å². The zero-order chi connectivity index (χ0) is 28.2. The lowest BCUT2D eigenvalue weighted by Gasteiger charge is -2.35. The Bertz CT molecular complexity index is 1130. The predicted molar refractivity (Wildman–Crippen MR) is 143 cm³/mol. The number of hydroxylamine groups is 2. The number of carbonyl (C=O) groups excluding carboxylic acids is 3. The van der Waals surface area contributed by atoms with E-state index in [0.717, 1.165) is 30.4 Å². The van der Waals surface area contributed by atoms with Gasteiger partial charge in [-0.15, -0.1) is 5.06 Å². The van der Waals surface area contributed by atoms with Gasteiger partial charge >= 0.3 is 12.1 Å². The van der Waals surface area contributed by atoms with E-state index in [4.69, 9.17) is 9.57 Å². The van der Waals surface area contributed by atoms with Crippen LogP contribution >= 0.6 is 0 Å². The standard InChI is InChI=1S/C28H36N4O7/c1-3-5-9-20-18-23(21-10-7-6-8-11-21)29-24(19-20)26(35)30-22(12-13-25(33)34)27(36)31-14-16-32(17-15-31)39-28(37)38-4-2/h6-8,10-11,18-19,22H,3-5,9,12-17H2,1-2H3,(H,30,35)(H,33,34)/t22-/m0/s1. The number of ether oxygens (including phenoxy) is 1. The number of hydrogen-bond donors (Lipinski definition) is 2. The summed E-state index contributed by atoms with van der Waals surface area (Å²) in [6.45, 7) is 4.93. The van der Waals surface area contributed by atoms with Crippen LogP contribution in [0.3, 0.4) is 0 Å². The van der Waals surface area contributed by atoms with Gasteiger partial charge in [0.2, 0.25) is 5.91 Å². The minimum Gasteiger partial charge on any atom is -0.481 e. The molecule has 0 saturated carbocycles. The topological polar surface area (TPSA) is 138 Å². The maximum atomic E-state index is 13.4. The zero-order valence-corrected chi connectivity index (χ0v) is 22.4. The third-order valence-electron chi connectivity index (χ3n) is 6.27. The molecule has 1 aliphatic rings. The monoisotopic (exact) mass is 540 g/mol. The second-order valence-electron chi connectivity index (χ2n) is 9.20. The summed E-state index contributed by atoms with van der Waals surface area (Å²) >= 11 is 0. The minimum absolute atomic E-state index is 0.0689. The van der Waals surface area contributed by atoms with Crippen molar-refractivity contribution < 1.29 is 33.9 Å². The first-order valence-corrected chi connectivity index (χ1v) is 13.3. The molecule has 0 bridgehead atoms. The highest BCUT2D eigenvalue weighted by molar-refractivity contribution is 5.97. The summed E-state index contributed by atoms with van der Waals surface area (Å²) in [4.78, 5) is 60.7. The van der Waals surface area contributed by atoms with Crippen LogP contribution in [-0.4, -0.2) is 82.8 Å². The van der Waals surface area contributed by atoms with Crippen LogP contribution in [-0.2, 0) is 25.6 Å². The number of piperazine rings is 1. The van der Waals surface area contributed by atoms with Crippen molar-refractivity contribution in [3.63, 3.8) is 0 Å². The van der Waals surface area contributed by atoms with Gasteiger partial charge < -0.3 is 24.9 Å². The van der Waals surface area contributed by atoms with Gasteiger partial charge in [-0.3, -0.25) is 14.4 Å². The Morgan fingerprint density at radius 2 is 1.77 bits per heavy atom. The summed E-state index contributed by atoms with van der Waals surface area (Å²) in [6.07, 6.45) is 1.55. The molecule has 1 saturated heterocycles. The summed E-state index contributed by atoms with van der Waals surface area (Å²) in [5.41, 5.74) is 2.65. The van der Waals surface area contributed by atoms with Crippen LogP contribution in [0.2, 0.25) is 0 Å². The number of aliphatic carboxylic acids is 1. The number of rotatable bonds is 12. The van der Waals surface area contributed by atoms with Crippen molar-refractivity contribution in [3.05, 3.63) is 53.7 Å². The lowest BCUT2D eigenvalue weighted by atomic mass is 10.0. The van der Waals surface area contributed by atoms with E-state index >= 15 is 0 Å². The third kappa shape index (κ3) is 9.06. The first-order valence-electron chi connectivity index (χ1n) is 13.3. The molecule has 11 heteroatoms. The van der Waals surface area contributed by atoms with E-state index < -0.39 is 30.0 Å². The quantitative estimate of drug-likeness (QED) is 0.388. The maximum absolute atomic E-state index is 13.4. The molecule has 11 nitrogen and oxygen atoms in total. The van der Waals surface area contributed by atoms with Gasteiger partial charge in [0, 0.05) is 25.1 Å². The van der Waals surface area contributed by atoms with Gasteiger partial charge in [-0.25, -0.2) is 9.78 Å². The van der Waals surface area contributed by atoms with Crippen LogP contribution < -0.4 is 5.32 Å². The molecule has 0 radical (unpaired) electrons. The average Bonchev–Trinajstić information content (AvgIpc) is 2.94. The first-order chi connectivity index (χ1) is 18.8. The lowest BCUT2D eigenvalue weighted by molar-refractivity contribution is -0.157. The van der Waals surface area contributed by atoms with Crippen molar-refractivity contribution in [1.29, 1.82) is 0 Å². The SMILES string of the molecule is CCCCc1cc(C(=O)N[C@@H](CCC(=O)O)C(=O)N2CCN(OC(=O)OCC)CC2)nc(-c2ccccc2)c1. The van der Waals surface area contributed by atoms with E-state index in [0.29, 0.717) is 5.69 Å². The Balaban J connectivity index is 1.75. The first kappa shape index (κ1) is 29.6. The number of aryl methyl sites for hydroxylation is 1. The van der Waals surface area contributed by atoms with E-state index in [9.17, 15) is 24.3 Å². The lowest BCUT2D eigenvalue weighted by Crippen LogP contribution is -2.55. The van der Waals surface area contributed by atoms with Crippen LogP contribution in [0.1, 0.15) is 55.6 Å². The number of carbonyl (C=O) groups is 4. The van der Waals surface area contributed by atoms with Gasteiger partial charge in [-0.2, -0.15) is 0 Å². The molecule has 1 aromatic carbocycles. The number of nitrogens with one attached hydrogen (secondary N) is 1. The molecular formula is C28H36N4O7. The number of amides is 2. The van der Waals surface area contributed by atoms with E-state index in [1.807, 2.05) is 36.4 Å². The largest absolute Gasteiger partial charge is 0.527 e. The fourth-order valence-electron chi connectivity index (χ4n) is 4.21. The molecule has 210 valence electrons. The Kier molecular flexibility index (Phi) is 11.2. The normalized spacial score (nSPS) is 14.4. The van der Waals surface area contributed by atoms with E-state index in [1.165, 1.54) is 9.96 Å². The highest BCUT2D eigenvalue weighted by Crippen LogP contribution is 2.21. The number of nitrogens with zero attached hydrogens (tertiary/aromatic N) is 3. The summed E-state index contributed by atoms with van der Waals surface area (Å²) in [6, 6.07) is 12.2. The molecule has 2 N–H and O–H groups in total. The molecule has 1 atom stereocenters. The van der Waals surface area contributed by atoms with Crippen LogP contribution in [0.5, 0.6) is 0 Å². The van der Waals surface area contributed by atoms with Crippen molar-refractivity contribution in [2.24, 2.45) is 0 Å². The molecule has 2 amide bonds. The molecule has 2 heterocycles. The highest BCUT2D eigenvalue weighted by atomic mass is 16.8. The smallest absolute Gasteiger partial charge is 0.481 e. The molecule has 0 unspecified atom stereocenters. The Morgan fingerprint density at radius 1 is 1.05 bits per heavy atom. The molecular weight excluding hydrogens is 504 g/mol. The van der Waals surface area contributed by atoms with E-state index in [2.05, 4.69) is 17.2 Å². The third-order valence-corrected chi connectivity index (χ3v) is 6.27. The van der Waals surface area contributed by atoms with Crippen molar-refractivity contribution in [2.45, 2.75) is 52.0 Å². The Hall–Kier alpha value is -3.99. The molecule has 1 aromatic heterocycles. The van der Waals surface area contributed by atoms with Crippen molar-refractivity contribution in [2.75, 3.05) is 32.8 Å². The van der Waals surface area contributed by atoms with Crippen LogP contribution in [0.25, 0.3) is 11.3 Å². The molecule has 39 heavy (non-hydrogen) atoms. The predicted octanol–water partition coefficient (Wildman–Crippen LogP) is 3.29. The number of hydrogen-bond acceptors (Lipinski definition) is 8. The molecule has 2 aromatic rings. The molecule has 0 aliphatic carbocycles. The number of unbranched alkanes of at least 4 members (excludes halogenated alkanes) is 1. The summed E-state index contributed by atoms with van der Waals surface area (Å²) < 4.78 is 4.77. The minimum atomic E-state index is -1.07. The fraction of sp³-hybridized carbons (Fsp3) is 0.464. The number of aromatic nitrogens is 1. The second kappa shape index (κ2) is 14.8. The van der Waals surface area contributed by atoms with Gasteiger partial charge in [-0.05, 0) is 43.9 Å². The second-order valence-corrected chi connectivity index (χ2v) is 9.20. The molecule has 3 rings (SSSR count). The highest BCUT2D eigenvalue weighted by Gasteiger charge is 2.31. The number of pyridine rings is 1. The number of carboxylic acids is 1. The number of carboxylic acid groups (broad SMARTS) is 1. The fourth-order valence-corrected chi connectivity index (χ4v) is 4.21. The van der Waals surface area contributed by atoms with Crippen LogP contribution in [0.15, 0.2) is 42.5 Å². The van der Waals surface area contributed by atoms with Crippen molar-refractivity contribution >= 4 is 23.9 Å². The summed E-state index contributed by atoms with van der Waals surface area (Å²) in [5, 5.41) is 13.4. The molecule has 1 fully saturated rings. The Morgan fingerprint density at radius 3 is 2.41 bits per heavy atom. The Labute approximate surface area is 228 Å². The van der Waals surface area contributed by atoms with Gasteiger partial charge in [0.1, 0.15) is 11.7 Å². The van der Waals surface area contributed by atoms with E-state index in [-0.39, 0.29) is 51.3 Å². The number of benzene rings is 1. The van der Waals surface area contributed by atoms with Crippen LogP contribution in [0.4, 0.5) is 4.79 Å². The summed E-state index contributed by atoms with van der Waals surface area (Å²) in [7, 11) is 0. The van der Waals surface area contributed by atoms with Crippen molar-refractivity contribution in [3.8, 4) is 11.3 Å². The summed E-state index contributed by atoms with van der Waals surface area (Å²) in [5.74, 6) is -2.01.